The summed E-state index contributed by atoms with van der Waals surface area (Å²) in [5.41, 5.74) is 1.10. The highest BCUT2D eigenvalue weighted by atomic mass is 28.4. The molecule has 0 amide bonds. The Morgan fingerprint density at radius 3 is 2.52 bits per heavy atom. The zero-order valence-electron chi connectivity index (χ0n) is 17.8. The molecule has 0 unspecified atom stereocenters. The van der Waals surface area contributed by atoms with Gasteiger partial charge in [-0.25, -0.2) is 4.79 Å². The van der Waals surface area contributed by atoms with Crippen molar-refractivity contribution >= 4 is 25.2 Å². The van der Waals surface area contributed by atoms with Crippen LogP contribution in [-0.4, -0.2) is 44.4 Å². The monoisotopic (exact) mass is 392 g/mol. The van der Waals surface area contributed by atoms with E-state index >= 15 is 0 Å². The predicted molar refractivity (Wildman–Crippen MR) is 110 cm³/mol. The summed E-state index contributed by atoms with van der Waals surface area (Å²) in [6, 6.07) is 5.54. The molecule has 0 saturated heterocycles. The van der Waals surface area contributed by atoms with E-state index in [0.29, 0.717) is 24.7 Å². The van der Waals surface area contributed by atoms with E-state index in [4.69, 9.17) is 13.9 Å². The third-order valence-electron chi connectivity index (χ3n) is 5.29. The Balaban J connectivity index is 2.43. The van der Waals surface area contributed by atoms with Gasteiger partial charge in [0.25, 0.3) is 0 Å². The van der Waals surface area contributed by atoms with E-state index in [1.807, 2.05) is 29.8 Å². The smallest absolute Gasteiger partial charge is 0.359 e. The Morgan fingerprint density at radius 2 is 1.96 bits per heavy atom. The van der Waals surface area contributed by atoms with Crippen molar-refractivity contribution in [3.05, 3.63) is 23.9 Å². The van der Waals surface area contributed by atoms with Crippen LogP contribution in [0.15, 0.2) is 18.2 Å². The summed E-state index contributed by atoms with van der Waals surface area (Å²) in [5, 5.41) is 5.44. The minimum Gasteiger partial charge on any atom is -0.494 e. The van der Waals surface area contributed by atoms with Gasteiger partial charge in [0.1, 0.15) is 11.3 Å². The Morgan fingerprint density at radius 1 is 1.30 bits per heavy atom. The average Bonchev–Trinajstić information content (AvgIpc) is 2.99. The molecule has 7 heteroatoms. The van der Waals surface area contributed by atoms with Crippen LogP contribution in [0.5, 0.6) is 5.75 Å². The van der Waals surface area contributed by atoms with Crippen molar-refractivity contribution in [2.75, 3.05) is 20.3 Å². The quantitative estimate of drug-likeness (QED) is 0.500. The Hall–Kier alpha value is -1.86. The number of ether oxygens (including phenoxy) is 2. The van der Waals surface area contributed by atoms with E-state index in [-0.39, 0.29) is 11.1 Å². The standard InChI is InChI=1S/C20H32N2O4Si/c1-9-25-19(23)17-15-11-10-12-16(24-6)18(15)22(21-17)14(2)13-26-27(7,8)20(3,4)5/h10-12,14H,9,13H2,1-8H3/t14-/m0/s1. The maximum atomic E-state index is 12.4. The molecule has 1 atom stereocenters. The van der Waals surface area contributed by atoms with Crippen LogP contribution in [0.3, 0.4) is 0 Å². The van der Waals surface area contributed by atoms with Crippen molar-refractivity contribution in [3.8, 4) is 5.75 Å². The molecule has 0 aliphatic carbocycles. The lowest BCUT2D eigenvalue weighted by molar-refractivity contribution is 0.0520. The van der Waals surface area contributed by atoms with Crippen LogP contribution in [0.25, 0.3) is 10.9 Å². The number of hydrogen-bond donors (Lipinski definition) is 0. The highest BCUT2D eigenvalue weighted by molar-refractivity contribution is 6.74. The first-order valence-corrected chi connectivity index (χ1v) is 12.3. The molecule has 0 radical (unpaired) electrons. The number of para-hydroxylation sites is 1. The van der Waals surface area contributed by atoms with Crippen molar-refractivity contribution in [3.63, 3.8) is 0 Å². The molecule has 27 heavy (non-hydrogen) atoms. The van der Waals surface area contributed by atoms with Crippen LogP contribution in [0.1, 0.15) is 51.1 Å². The van der Waals surface area contributed by atoms with Crippen LogP contribution in [0.4, 0.5) is 0 Å². The molecule has 0 fully saturated rings. The van der Waals surface area contributed by atoms with Gasteiger partial charge in [0.05, 0.1) is 26.4 Å². The molecular formula is C20H32N2O4Si. The number of aromatic nitrogens is 2. The highest BCUT2D eigenvalue weighted by Gasteiger charge is 2.37. The van der Waals surface area contributed by atoms with Gasteiger partial charge in [0.15, 0.2) is 14.0 Å². The molecule has 0 saturated carbocycles. The van der Waals surface area contributed by atoms with Gasteiger partial charge < -0.3 is 13.9 Å². The van der Waals surface area contributed by atoms with Crippen LogP contribution in [0, 0.1) is 0 Å². The number of esters is 1. The number of hydrogen-bond acceptors (Lipinski definition) is 5. The first-order chi connectivity index (χ1) is 12.5. The minimum atomic E-state index is -1.88. The van der Waals surface area contributed by atoms with Crippen molar-refractivity contribution in [1.82, 2.24) is 9.78 Å². The predicted octanol–water partition coefficient (Wildman–Crippen LogP) is 4.80. The van der Waals surface area contributed by atoms with Gasteiger partial charge in [-0.05, 0) is 38.0 Å². The van der Waals surface area contributed by atoms with Gasteiger partial charge in [-0.2, -0.15) is 5.10 Å². The van der Waals surface area contributed by atoms with Gasteiger partial charge in [-0.15, -0.1) is 0 Å². The summed E-state index contributed by atoms with van der Waals surface area (Å²) in [7, 11) is -0.264. The summed E-state index contributed by atoms with van der Waals surface area (Å²) >= 11 is 0. The number of methoxy groups -OCH3 is 1. The maximum absolute atomic E-state index is 12.4. The van der Waals surface area contributed by atoms with Crippen LogP contribution >= 0.6 is 0 Å². The van der Waals surface area contributed by atoms with Crippen LogP contribution in [-0.2, 0) is 9.16 Å². The maximum Gasteiger partial charge on any atom is 0.359 e. The fourth-order valence-corrected chi connectivity index (χ4v) is 3.70. The zero-order chi connectivity index (χ0) is 20.4. The lowest BCUT2D eigenvalue weighted by Gasteiger charge is -2.37. The van der Waals surface area contributed by atoms with Crippen molar-refractivity contribution < 1.29 is 18.7 Å². The fraction of sp³-hybridized carbons (Fsp3) is 0.600. The second kappa shape index (κ2) is 8.02. The summed E-state index contributed by atoms with van der Waals surface area (Å²) in [5.74, 6) is 0.252. The molecule has 0 spiro atoms. The molecular weight excluding hydrogens is 360 g/mol. The third-order valence-corrected chi connectivity index (χ3v) is 9.79. The molecule has 1 aromatic carbocycles. The van der Waals surface area contributed by atoms with E-state index in [2.05, 4.69) is 39.0 Å². The van der Waals surface area contributed by atoms with Gasteiger partial charge in [0.2, 0.25) is 0 Å². The summed E-state index contributed by atoms with van der Waals surface area (Å²) in [4.78, 5) is 12.4. The number of carbonyl (C=O) groups is 1. The molecule has 0 aliphatic heterocycles. The number of rotatable bonds is 7. The Labute approximate surface area is 162 Å². The molecule has 0 N–H and O–H groups in total. The molecule has 6 nitrogen and oxygen atoms in total. The van der Waals surface area contributed by atoms with Gasteiger partial charge in [0, 0.05) is 5.39 Å². The van der Waals surface area contributed by atoms with Gasteiger partial charge in [-0.3, -0.25) is 4.68 Å². The van der Waals surface area contributed by atoms with Crippen LogP contribution < -0.4 is 4.74 Å². The zero-order valence-corrected chi connectivity index (χ0v) is 18.8. The lowest BCUT2D eigenvalue weighted by Crippen LogP contribution is -2.42. The molecule has 1 aromatic heterocycles. The second-order valence-corrected chi connectivity index (χ2v) is 13.1. The van der Waals surface area contributed by atoms with E-state index in [1.165, 1.54) is 0 Å². The number of fused-ring (bicyclic) bond motifs is 1. The molecule has 2 aromatic rings. The van der Waals surface area contributed by atoms with E-state index in [1.54, 1.807) is 14.0 Å². The normalized spacial score (nSPS) is 13.6. The Kier molecular flexibility index (Phi) is 6.37. The molecule has 150 valence electrons. The summed E-state index contributed by atoms with van der Waals surface area (Å²) < 4.78 is 18.9. The Bertz CT molecular complexity index is 808. The largest absolute Gasteiger partial charge is 0.494 e. The summed E-state index contributed by atoms with van der Waals surface area (Å²) in [6.07, 6.45) is 0. The van der Waals surface area contributed by atoms with Gasteiger partial charge in [-0.1, -0.05) is 32.9 Å². The number of nitrogens with zero attached hydrogens (tertiary/aromatic N) is 2. The van der Waals surface area contributed by atoms with Crippen LogP contribution in [0.2, 0.25) is 18.1 Å². The first-order valence-electron chi connectivity index (χ1n) is 9.39. The average molecular weight is 393 g/mol. The SMILES string of the molecule is CCOC(=O)c1nn([C@@H](C)CO[Si](C)(C)C(C)(C)C)c2c(OC)cccc12. The molecule has 1 heterocycles. The lowest BCUT2D eigenvalue weighted by atomic mass is 10.2. The van der Waals surface area contributed by atoms with Crippen molar-refractivity contribution in [2.24, 2.45) is 0 Å². The second-order valence-electron chi connectivity index (χ2n) is 8.29. The molecule has 0 bridgehead atoms. The molecule has 2 rings (SSSR count). The van der Waals surface area contributed by atoms with E-state index < -0.39 is 14.3 Å². The topological polar surface area (TPSA) is 62.6 Å². The fourth-order valence-electron chi connectivity index (χ4n) is 2.61. The summed E-state index contributed by atoms with van der Waals surface area (Å²) in [6.45, 7) is 15.8. The van der Waals surface area contributed by atoms with E-state index in [9.17, 15) is 4.79 Å². The van der Waals surface area contributed by atoms with Crippen molar-refractivity contribution in [2.45, 2.75) is 58.8 Å². The third kappa shape index (κ3) is 4.35. The molecule has 0 aliphatic rings. The number of benzene rings is 1. The van der Waals surface area contributed by atoms with Gasteiger partial charge >= 0.3 is 5.97 Å². The first kappa shape index (κ1) is 21.4. The number of carbonyl (C=O) groups excluding carboxylic acids is 1. The minimum absolute atomic E-state index is 0.0545. The highest BCUT2D eigenvalue weighted by Crippen LogP contribution is 2.37. The van der Waals surface area contributed by atoms with E-state index in [0.717, 1.165) is 10.9 Å². The van der Waals surface area contributed by atoms with Crippen molar-refractivity contribution in [1.29, 1.82) is 0 Å².